The second-order valence-electron chi connectivity index (χ2n) is 7.38. The Balaban J connectivity index is 1.49. The minimum atomic E-state index is -3.53. The molecule has 1 N–H and O–H groups in total. The third-order valence-corrected chi connectivity index (χ3v) is 9.09. The van der Waals surface area contributed by atoms with Crippen molar-refractivity contribution in [2.24, 2.45) is 0 Å². The van der Waals surface area contributed by atoms with Crippen molar-refractivity contribution in [3.63, 3.8) is 0 Å². The van der Waals surface area contributed by atoms with Crippen molar-refractivity contribution in [3.05, 3.63) is 54.1 Å². The second-order valence-corrected chi connectivity index (χ2v) is 11.3. The number of nitrogens with one attached hydrogen (secondary N) is 1. The first-order valence-corrected chi connectivity index (χ1v) is 12.8. The zero-order chi connectivity index (χ0) is 21.4. The predicted molar refractivity (Wildman–Crippen MR) is 115 cm³/mol. The maximum Gasteiger partial charge on any atom is 0.255 e. The number of hydrogen-bond acceptors (Lipinski definition) is 5. The van der Waals surface area contributed by atoms with Crippen molar-refractivity contribution in [1.29, 1.82) is 0 Å². The molecule has 0 bridgehead atoms. The second kappa shape index (κ2) is 8.01. The van der Waals surface area contributed by atoms with E-state index in [1.807, 2.05) is 0 Å². The van der Waals surface area contributed by atoms with Crippen molar-refractivity contribution in [3.8, 4) is 0 Å². The highest BCUT2D eigenvalue weighted by molar-refractivity contribution is 7.93. The van der Waals surface area contributed by atoms with E-state index in [9.17, 15) is 21.6 Å². The van der Waals surface area contributed by atoms with E-state index in [2.05, 4.69) is 5.32 Å². The summed E-state index contributed by atoms with van der Waals surface area (Å²) in [6, 6.07) is 12.5. The van der Waals surface area contributed by atoms with Gasteiger partial charge in [-0.2, -0.15) is 4.31 Å². The van der Waals surface area contributed by atoms with Gasteiger partial charge in [0.05, 0.1) is 16.3 Å². The van der Waals surface area contributed by atoms with E-state index in [-0.39, 0.29) is 10.6 Å². The largest absolute Gasteiger partial charge is 0.322 e. The Bertz CT molecular complexity index is 1160. The van der Waals surface area contributed by atoms with E-state index in [0.29, 0.717) is 43.0 Å². The number of amides is 1. The first-order chi connectivity index (χ1) is 14.3. The number of carbonyl (C=O) groups excluding carboxylic acids is 1. The molecular weight excluding hydrogens is 426 g/mol. The lowest BCUT2D eigenvalue weighted by molar-refractivity contribution is 0.102. The maximum absolute atomic E-state index is 12.6. The average Bonchev–Trinajstić information content (AvgIpc) is 3.38. The van der Waals surface area contributed by atoms with E-state index in [1.54, 1.807) is 24.3 Å². The van der Waals surface area contributed by atoms with Crippen LogP contribution in [0.1, 0.15) is 29.6 Å². The number of hydrogen-bond donors (Lipinski definition) is 1. The quantitative estimate of drug-likeness (QED) is 0.754. The van der Waals surface area contributed by atoms with E-state index in [1.165, 1.54) is 32.9 Å². The van der Waals surface area contributed by atoms with Gasteiger partial charge in [0.2, 0.25) is 20.0 Å². The fourth-order valence-corrected chi connectivity index (χ4v) is 6.80. The summed E-state index contributed by atoms with van der Waals surface area (Å²) in [5, 5.41) is 2.74. The first kappa shape index (κ1) is 20.8. The summed E-state index contributed by atoms with van der Waals surface area (Å²) in [6.07, 6.45) is 2.29. The number of rotatable bonds is 5. The molecule has 0 aromatic heterocycles. The molecule has 0 saturated carbocycles. The van der Waals surface area contributed by atoms with Gasteiger partial charge in [-0.25, -0.2) is 16.8 Å². The third-order valence-electron chi connectivity index (χ3n) is 5.31. The Morgan fingerprint density at radius 3 is 2.27 bits per heavy atom. The number of benzene rings is 2. The molecule has 1 amide bonds. The van der Waals surface area contributed by atoms with Crippen LogP contribution < -0.4 is 9.62 Å². The van der Waals surface area contributed by atoms with Crippen LogP contribution in [-0.2, 0) is 20.0 Å². The van der Waals surface area contributed by atoms with Gasteiger partial charge >= 0.3 is 0 Å². The van der Waals surface area contributed by atoms with Gasteiger partial charge < -0.3 is 5.32 Å². The van der Waals surface area contributed by atoms with E-state index in [0.717, 1.165) is 12.8 Å². The van der Waals surface area contributed by atoms with Crippen molar-refractivity contribution in [1.82, 2.24) is 4.31 Å². The Morgan fingerprint density at radius 2 is 1.63 bits per heavy atom. The molecule has 8 nitrogen and oxygen atoms in total. The normalized spacial score (nSPS) is 19.1. The molecule has 2 aliphatic rings. The highest BCUT2D eigenvalue weighted by atomic mass is 32.2. The van der Waals surface area contributed by atoms with Crippen LogP contribution in [0.3, 0.4) is 0 Å². The monoisotopic (exact) mass is 449 g/mol. The fraction of sp³-hybridized carbons (Fsp3) is 0.350. The highest BCUT2D eigenvalue weighted by Crippen LogP contribution is 2.27. The van der Waals surface area contributed by atoms with Crippen molar-refractivity contribution >= 4 is 37.3 Å². The topological polar surface area (TPSA) is 104 Å². The van der Waals surface area contributed by atoms with Gasteiger partial charge in [-0.3, -0.25) is 9.10 Å². The SMILES string of the molecule is O=C(Nc1cccc(N2CCCS2(=O)=O)c1)c1ccc(S(=O)(=O)N2CCCC2)cc1. The van der Waals surface area contributed by atoms with E-state index >= 15 is 0 Å². The van der Waals surface area contributed by atoms with Gasteiger partial charge in [0.15, 0.2) is 0 Å². The standard InChI is InChI=1S/C20H23N3O5S2/c24-20(16-7-9-19(10-8-16)30(27,28)22-11-1-2-12-22)21-17-5-3-6-18(15-17)23-13-4-14-29(23,25)26/h3,5-10,15H,1-2,4,11-14H2,(H,21,24). The Labute approximate surface area is 176 Å². The van der Waals surface area contributed by atoms with Crippen molar-refractivity contribution < 1.29 is 21.6 Å². The van der Waals surface area contributed by atoms with Crippen LogP contribution in [0, 0.1) is 0 Å². The van der Waals surface area contributed by atoms with Crippen LogP contribution in [0.15, 0.2) is 53.4 Å². The summed E-state index contributed by atoms with van der Waals surface area (Å²) in [7, 11) is -6.83. The maximum atomic E-state index is 12.6. The number of nitrogens with zero attached hydrogens (tertiary/aromatic N) is 2. The van der Waals surface area contributed by atoms with Gasteiger partial charge in [0.1, 0.15) is 0 Å². The van der Waals surface area contributed by atoms with Gasteiger partial charge in [-0.1, -0.05) is 6.07 Å². The zero-order valence-electron chi connectivity index (χ0n) is 16.3. The molecule has 0 aliphatic carbocycles. The summed E-state index contributed by atoms with van der Waals surface area (Å²) < 4.78 is 52.2. The van der Waals surface area contributed by atoms with Gasteiger partial charge in [-0.05, 0) is 61.7 Å². The summed E-state index contributed by atoms with van der Waals surface area (Å²) >= 11 is 0. The molecule has 2 aromatic rings. The van der Waals surface area contributed by atoms with E-state index in [4.69, 9.17) is 0 Å². The minimum Gasteiger partial charge on any atom is -0.322 e. The van der Waals surface area contributed by atoms with Gasteiger partial charge in [0, 0.05) is 30.9 Å². The molecule has 2 fully saturated rings. The minimum absolute atomic E-state index is 0.121. The molecule has 30 heavy (non-hydrogen) atoms. The van der Waals surface area contributed by atoms with Crippen LogP contribution in [0.25, 0.3) is 0 Å². The number of carbonyl (C=O) groups is 1. The predicted octanol–water partition coefficient (Wildman–Crippen LogP) is 2.26. The average molecular weight is 450 g/mol. The lowest BCUT2D eigenvalue weighted by Gasteiger charge is -2.18. The van der Waals surface area contributed by atoms with Gasteiger partial charge in [0.25, 0.3) is 5.91 Å². The molecule has 2 aliphatic heterocycles. The first-order valence-electron chi connectivity index (χ1n) is 9.79. The molecule has 2 heterocycles. The van der Waals surface area contributed by atoms with Crippen LogP contribution in [0.4, 0.5) is 11.4 Å². The Kier molecular flexibility index (Phi) is 5.56. The number of sulfonamides is 2. The lowest BCUT2D eigenvalue weighted by Crippen LogP contribution is -2.27. The van der Waals surface area contributed by atoms with Crippen LogP contribution in [0.2, 0.25) is 0 Å². The molecule has 10 heteroatoms. The van der Waals surface area contributed by atoms with E-state index < -0.39 is 26.0 Å². The molecule has 2 saturated heterocycles. The van der Waals surface area contributed by atoms with Crippen molar-refractivity contribution in [2.45, 2.75) is 24.2 Å². The molecular formula is C20H23N3O5S2. The summed E-state index contributed by atoms with van der Waals surface area (Å²) in [5.74, 6) is -0.280. The third kappa shape index (κ3) is 4.07. The van der Waals surface area contributed by atoms with Crippen LogP contribution >= 0.6 is 0 Å². The number of anilines is 2. The molecule has 4 rings (SSSR count). The molecule has 0 spiro atoms. The Morgan fingerprint density at radius 1 is 0.933 bits per heavy atom. The molecule has 0 atom stereocenters. The summed E-state index contributed by atoms with van der Waals surface area (Å²) in [4.78, 5) is 12.8. The molecule has 160 valence electrons. The zero-order valence-corrected chi connectivity index (χ0v) is 18.0. The fourth-order valence-electron chi connectivity index (χ4n) is 3.73. The summed E-state index contributed by atoms with van der Waals surface area (Å²) in [6.45, 7) is 1.47. The molecule has 0 radical (unpaired) electrons. The van der Waals surface area contributed by atoms with Crippen molar-refractivity contribution in [2.75, 3.05) is 35.0 Å². The van der Waals surface area contributed by atoms with Gasteiger partial charge in [-0.15, -0.1) is 0 Å². The molecule has 0 unspecified atom stereocenters. The smallest absolute Gasteiger partial charge is 0.255 e. The van der Waals surface area contributed by atoms with Crippen LogP contribution in [0.5, 0.6) is 0 Å². The molecule has 2 aromatic carbocycles. The Hall–Kier alpha value is -2.43. The highest BCUT2D eigenvalue weighted by Gasteiger charge is 2.29. The van der Waals surface area contributed by atoms with Crippen LogP contribution in [-0.4, -0.2) is 52.4 Å². The summed E-state index contributed by atoms with van der Waals surface area (Å²) in [5.41, 5.74) is 1.29. The lowest BCUT2D eigenvalue weighted by atomic mass is 10.2.